The van der Waals surface area contributed by atoms with Gasteiger partial charge < -0.3 is 33.5 Å². The fourth-order valence-corrected chi connectivity index (χ4v) is 8.74. The van der Waals surface area contributed by atoms with Gasteiger partial charge in [0.05, 0.1) is 26.3 Å². The van der Waals surface area contributed by atoms with Gasteiger partial charge in [0.15, 0.2) is 28.1 Å². The SMILES string of the molecule is C.CCC(=O)CCn1c(=O)c2c(nc(Oc3cccc(OC(F)(F)F)c3)n2Cc2ccc(Cl)cc2)n(C)c1=O.CCC1(CCn2c(=O)c3c(nc(Oc4cccc(OC(F)(F)F)c4)n3Cc3ccc(Cl)cc3)n(C)c2=O)OCCO1.CCO. The number of hydrogen-bond acceptors (Lipinski definition) is 14. The van der Waals surface area contributed by atoms with E-state index in [0.29, 0.717) is 35.2 Å². The number of imidazole rings is 2. The Labute approximate surface area is 479 Å². The third-order valence-electron chi connectivity index (χ3n) is 12.5. The highest BCUT2D eigenvalue weighted by Gasteiger charge is 2.36. The predicted molar refractivity (Wildman–Crippen MR) is 295 cm³/mol. The van der Waals surface area contributed by atoms with E-state index in [4.69, 9.17) is 47.3 Å². The van der Waals surface area contributed by atoms with Crippen LogP contribution in [0.4, 0.5) is 26.3 Å². The highest BCUT2D eigenvalue weighted by molar-refractivity contribution is 6.30. The summed E-state index contributed by atoms with van der Waals surface area (Å²) in [4.78, 5) is 74.1. The van der Waals surface area contributed by atoms with Gasteiger partial charge in [0.1, 0.15) is 28.8 Å². The Morgan fingerprint density at radius 1 is 0.627 bits per heavy atom. The Balaban J connectivity index is 0.000000252. The molecule has 446 valence electrons. The van der Waals surface area contributed by atoms with Crippen molar-refractivity contribution in [2.75, 3.05) is 19.8 Å². The van der Waals surface area contributed by atoms with Gasteiger partial charge in [-0.1, -0.05) is 80.9 Å². The van der Waals surface area contributed by atoms with Crippen LogP contribution in [0.25, 0.3) is 22.3 Å². The van der Waals surface area contributed by atoms with E-state index in [1.807, 2.05) is 6.92 Å². The quantitative estimate of drug-likeness (QED) is 0.0791. The molecule has 4 aromatic heterocycles. The molecular weight excluding hydrogens is 1150 g/mol. The molecule has 1 fully saturated rings. The molecule has 0 saturated carbocycles. The number of fused-ring (bicyclic) bond motifs is 2. The normalized spacial score (nSPS) is 12.9. The summed E-state index contributed by atoms with van der Waals surface area (Å²) >= 11 is 12.0. The number of hydrogen-bond donors (Lipinski definition) is 1. The molecule has 5 heterocycles. The van der Waals surface area contributed by atoms with Crippen LogP contribution in [-0.4, -0.2) is 86.6 Å². The summed E-state index contributed by atoms with van der Waals surface area (Å²) in [5.41, 5.74) is -1.01. The van der Waals surface area contributed by atoms with Crippen molar-refractivity contribution in [3.05, 3.63) is 160 Å². The van der Waals surface area contributed by atoms with Crippen LogP contribution in [0.3, 0.4) is 0 Å². The summed E-state index contributed by atoms with van der Waals surface area (Å²) in [6, 6.07) is 23.1. The largest absolute Gasteiger partial charge is 0.573 e. The molecule has 0 unspecified atom stereocenters. The number of carbonyl (C=O) groups is 1. The first-order chi connectivity index (χ1) is 38.9. The van der Waals surface area contributed by atoms with Crippen molar-refractivity contribution in [2.45, 2.75) is 98.6 Å². The van der Waals surface area contributed by atoms with E-state index in [0.717, 1.165) is 43.5 Å². The molecule has 20 nitrogen and oxygen atoms in total. The van der Waals surface area contributed by atoms with Gasteiger partial charge in [-0.25, -0.2) is 9.59 Å². The van der Waals surface area contributed by atoms with Crippen molar-refractivity contribution in [3.8, 4) is 35.0 Å². The van der Waals surface area contributed by atoms with E-state index in [1.165, 1.54) is 52.1 Å². The second kappa shape index (κ2) is 27.4. The van der Waals surface area contributed by atoms with Gasteiger partial charge >= 0.3 is 36.1 Å². The average Bonchev–Trinajstić information content (AvgIpc) is 4.31. The zero-order valence-corrected chi connectivity index (χ0v) is 46.1. The topological polar surface area (TPSA) is 216 Å². The zero-order chi connectivity index (χ0) is 59.7. The Morgan fingerprint density at radius 2 is 1.01 bits per heavy atom. The predicted octanol–water partition coefficient (Wildman–Crippen LogP) is 10.1. The molecule has 0 atom stereocenters. The van der Waals surface area contributed by atoms with Crippen LogP contribution in [0, 0.1) is 0 Å². The Morgan fingerprint density at radius 3 is 1.39 bits per heavy atom. The number of ether oxygens (including phenoxy) is 6. The molecule has 1 aliphatic rings. The maximum Gasteiger partial charge on any atom is 0.573 e. The van der Waals surface area contributed by atoms with Crippen LogP contribution in [-0.2, 0) is 54.5 Å². The Bertz CT molecular complexity index is 3790. The third kappa shape index (κ3) is 16.0. The zero-order valence-electron chi connectivity index (χ0n) is 44.6. The Hall–Kier alpha value is -7.91. The van der Waals surface area contributed by atoms with E-state index in [-0.39, 0.29) is 111 Å². The maximum absolute atomic E-state index is 13.8. The number of Topliss-reactive ketones (excluding diaryl/α,β-unsaturated/α-hetero) is 1. The van der Waals surface area contributed by atoms with Gasteiger partial charge in [0, 0.05) is 75.2 Å². The van der Waals surface area contributed by atoms with Gasteiger partial charge in [-0.05, 0) is 73.0 Å². The number of aliphatic hydroxyl groups is 1. The van der Waals surface area contributed by atoms with E-state index in [2.05, 4.69) is 19.4 Å². The lowest BCUT2D eigenvalue weighted by atomic mass is 10.1. The van der Waals surface area contributed by atoms with Crippen molar-refractivity contribution in [3.63, 3.8) is 0 Å². The highest BCUT2D eigenvalue weighted by atomic mass is 35.5. The molecule has 1 aliphatic heterocycles. The lowest BCUT2D eigenvalue weighted by Crippen LogP contribution is -2.42. The summed E-state index contributed by atoms with van der Waals surface area (Å²) < 4.78 is 115. The van der Waals surface area contributed by atoms with Gasteiger partial charge in [0.25, 0.3) is 11.1 Å². The van der Waals surface area contributed by atoms with Crippen molar-refractivity contribution in [1.29, 1.82) is 0 Å². The second-order valence-corrected chi connectivity index (χ2v) is 18.9. The summed E-state index contributed by atoms with van der Waals surface area (Å²) in [6.07, 6.45) is -8.73. The molecule has 83 heavy (non-hydrogen) atoms. The minimum absolute atomic E-state index is 0. The number of carbonyl (C=O) groups excluding carboxylic acids is 1. The van der Waals surface area contributed by atoms with E-state index in [9.17, 15) is 50.3 Å². The van der Waals surface area contributed by atoms with Crippen LogP contribution in [0.15, 0.2) is 116 Å². The van der Waals surface area contributed by atoms with Crippen molar-refractivity contribution < 1.29 is 64.7 Å². The number of benzene rings is 4. The molecule has 0 aliphatic carbocycles. The number of alkyl halides is 6. The molecule has 28 heteroatoms. The highest BCUT2D eigenvalue weighted by Crippen LogP contribution is 2.33. The van der Waals surface area contributed by atoms with Gasteiger partial charge in [-0.3, -0.25) is 41.8 Å². The van der Waals surface area contributed by atoms with Crippen LogP contribution in [0.5, 0.6) is 35.0 Å². The minimum Gasteiger partial charge on any atom is -0.425 e. The summed E-state index contributed by atoms with van der Waals surface area (Å²) in [7, 11) is 2.89. The molecule has 0 radical (unpaired) electrons. The van der Waals surface area contributed by atoms with Crippen molar-refractivity contribution >= 4 is 51.3 Å². The third-order valence-corrected chi connectivity index (χ3v) is 13.0. The van der Waals surface area contributed by atoms with Crippen molar-refractivity contribution in [1.82, 2.24) is 37.4 Å². The minimum atomic E-state index is -4.90. The first-order valence-corrected chi connectivity index (χ1v) is 26.0. The number of ketones is 1. The number of aromatic nitrogens is 8. The maximum atomic E-state index is 13.8. The molecule has 4 aromatic carbocycles. The van der Waals surface area contributed by atoms with Crippen LogP contribution in [0.1, 0.15) is 65.0 Å². The van der Waals surface area contributed by atoms with Crippen LogP contribution >= 0.6 is 23.2 Å². The standard InChI is InChI=1S/C27H26ClF3N4O6.C25H22ClF3N4O5.C2H6O.CH4/c1-3-26(38-13-14-39-26)11-12-34-23(36)21-22(33(2)25(34)37)32-24(35(21)16-17-7-9-18(28)10-8-17)40-19-5-4-6-20(15-19)41-27(29,30)31;1-3-17(34)11-12-32-22(35)20-21(31(2)24(32)36)30-23(33(20)14-15-7-9-16(26)10-8-15)37-18-5-4-6-19(13-18)38-25(27,28)29;1-2-3;/h4-10,15H,3,11-14,16H2,1-2H3;4-10,13H,3,11-12,14H2,1-2H3;3H,2H2,1H3;1H4. The van der Waals surface area contributed by atoms with Gasteiger partial charge in [-0.2, -0.15) is 9.97 Å². The summed E-state index contributed by atoms with van der Waals surface area (Å²) in [5, 5.41) is 8.57. The van der Waals surface area contributed by atoms with Crippen molar-refractivity contribution in [2.24, 2.45) is 14.1 Å². The Kier molecular flexibility index (Phi) is 21.2. The van der Waals surface area contributed by atoms with Crippen LogP contribution in [0.2, 0.25) is 10.0 Å². The summed E-state index contributed by atoms with van der Waals surface area (Å²) in [6.45, 7) is 6.40. The van der Waals surface area contributed by atoms with E-state index < -0.39 is 52.5 Å². The van der Waals surface area contributed by atoms with Gasteiger partial charge in [0.2, 0.25) is 0 Å². The number of nitrogens with zero attached hydrogens (tertiary/aromatic N) is 8. The second-order valence-electron chi connectivity index (χ2n) is 18.1. The first kappa shape index (κ1) is 64.3. The molecule has 1 N–H and O–H groups in total. The lowest BCUT2D eigenvalue weighted by Gasteiger charge is -2.26. The number of halogens is 8. The first-order valence-electron chi connectivity index (χ1n) is 25.2. The fraction of sp³-hybridized carbons (Fsp3) is 0.364. The molecule has 8 aromatic rings. The lowest BCUT2D eigenvalue weighted by molar-refractivity contribution is -0.275. The van der Waals surface area contributed by atoms with E-state index in [1.54, 1.807) is 62.4 Å². The molecule has 0 amide bonds. The van der Waals surface area contributed by atoms with E-state index >= 15 is 0 Å². The number of aryl methyl sites for hydroxylation is 2. The van der Waals surface area contributed by atoms with Gasteiger partial charge in [-0.15, -0.1) is 26.3 Å². The molecule has 9 rings (SSSR count). The van der Waals surface area contributed by atoms with Crippen LogP contribution < -0.4 is 41.4 Å². The molecule has 0 spiro atoms. The average molecular weight is 1210 g/mol. The monoisotopic (exact) mass is 1210 g/mol. The summed E-state index contributed by atoms with van der Waals surface area (Å²) in [5.74, 6) is -2.07. The number of aliphatic hydroxyl groups excluding tert-OH is 1. The molecule has 0 bridgehead atoms. The fourth-order valence-electron chi connectivity index (χ4n) is 8.49. The molecular formula is C55H58Cl2F6N8O12. The molecule has 1 saturated heterocycles. The smallest absolute Gasteiger partial charge is 0.425 e. The number of rotatable bonds is 18.